The molecule has 1 fully saturated rings. The van der Waals surface area contributed by atoms with Crippen LogP contribution in [0.4, 0.5) is 4.79 Å². The third-order valence-corrected chi connectivity index (χ3v) is 5.53. The lowest BCUT2D eigenvalue weighted by Gasteiger charge is -2.31. The van der Waals surface area contributed by atoms with Crippen LogP contribution in [-0.2, 0) is 16.1 Å². The summed E-state index contributed by atoms with van der Waals surface area (Å²) in [6.07, 6.45) is 4.93. The van der Waals surface area contributed by atoms with Crippen molar-refractivity contribution in [2.45, 2.75) is 64.2 Å². The highest BCUT2D eigenvalue weighted by atomic mass is 16.6. The van der Waals surface area contributed by atoms with E-state index in [1.54, 1.807) is 17.0 Å². The molecule has 0 spiro atoms. The maximum atomic E-state index is 12.8. The van der Waals surface area contributed by atoms with Gasteiger partial charge >= 0.3 is 12.1 Å². The summed E-state index contributed by atoms with van der Waals surface area (Å²) >= 11 is 0. The van der Waals surface area contributed by atoms with E-state index in [2.05, 4.69) is 6.92 Å². The number of carbonyl (C=O) groups excluding carboxylic acids is 2. The van der Waals surface area contributed by atoms with Crippen LogP contribution in [-0.4, -0.2) is 35.7 Å². The van der Waals surface area contributed by atoms with E-state index in [0.717, 1.165) is 44.1 Å². The number of nitrogens with zero attached hydrogens (tertiary/aromatic N) is 1. The van der Waals surface area contributed by atoms with Gasteiger partial charge in [-0.1, -0.05) is 68.3 Å². The number of hydrogen-bond acceptors (Lipinski definition) is 4. The third-order valence-electron chi connectivity index (χ3n) is 5.53. The Kier molecular flexibility index (Phi) is 8.30. The number of rotatable bonds is 9. The van der Waals surface area contributed by atoms with E-state index in [9.17, 15) is 9.59 Å². The number of hydrogen-bond donors (Lipinski definition) is 0. The molecular weight excluding hydrogens is 378 g/mol. The first-order valence-electron chi connectivity index (χ1n) is 10.9. The molecule has 2 aromatic carbocycles. The number of likely N-dealkylation sites (tertiary alicyclic amines) is 1. The van der Waals surface area contributed by atoms with Gasteiger partial charge in [0.2, 0.25) is 0 Å². The van der Waals surface area contributed by atoms with Crippen LogP contribution in [0.1, 0.15) is 61.4 Å². The minimum absolute atomic E-state index is 0.141. The van der Waals surface area contributed by atoms with E-state index in [1.165, 1.54) is 0 Å². The molecule has 0 N–H and O–H groups in total. The summed E-state index contributed by atoms with van der Waals surface area (Å²) in [6.45, 7) is 3.02. The quantitative estimate of drug-likeness (QED) is 0.400. The van der Waals surface area contributed by atoms with E-state index in [1.807, 2.05) is 48.5 Å². The van der Waals surface area contributed by atoms with Gasteiger partial charge < -0.3 is 14.4 Å². The fourth-order valence-corrected chi connectivity index (χ4v) is 3.91. The molecule has 0 aromatic heterocycles. The maximum absolute atomic E-state index is 12.8. The van der Waals surface area contributed by atoms with Crippen molar-refractivity contribution in [3.05, 3.63) is 71.8 Å². The second kappa shape index (κ2) is 11.4. The average Bonchev–Trinajstić information content (AvgIpc) is 3.28. The second-order valence-electron chi connectivity index (χ2n) is 7.75. The Morgan fingerprint density at radius 1 is 1.03 bits per heavy atom. The zero-order chi connectivity index (χ0) is 21.2. The van der Waals surface area contributed by atoms with Gasteiger partial charge in [-0.3, -0.25) is 0 Å². The van der Waals surface area contributed by atoms with Gasteiger partial charge in [-0.2, -0.15) is 0 Å². The number of carbonyl (C=O) groups is 2. The van der Waals surface area contributed by atoms with Crippen molar-refractivity contribution in [3.8, 4) is 0 Å². The minimum Gasteiger partial charge on any atom is -0.457 e. The molecule has 30 heavy (non-hydrogen) atoms. The fourth-order valence-electron chi connectivity index (χ4n) is 3.91. The standard InChI is InChI=1S/C25H31NO4/c1-2-3-6-17-23(30-24(27)21-14-9-5-10-15-21)22-16-11-18-26(22)25(28)29-19-20-12-7-4-8-13-20/h4-5,7-10,12-15,22-23H,2-3,6,11,16-19H2,1H3/t22-,23-/m0/s1. The Bertz CT molecular complexity index is 793. The van der Waals surface area contributed by atoms with Crippen LogP contribution < -0.4 is 0 Å². The van der Waals surface area contributed by atoms with Gasteiger partial charge in [0.05, 0.1) is 11.6 Å². The van der Waals surface area contributed by atoms with Crippen LogP contribution in [0.5, 0.6) is 0 Å². The molecule has 3 rings (SSSR count). The van der Waals surface area contributed by atoms with Crippen LogP contribution in [0.15, 0.2) is 60.7 Å². The number of benzene rings is 2. The SMILES string of the molecule is CCCCC[C@H](OC(=O)c1ccccc1)[C@@H]1CCCN1C(=O)OCc1ccccc1. The second-order valence-corrected chi connectivity index (χ2v) is 7.75. The Morgan fingerprint density at radius 2 is 1.73 bits per heavy atom. The summed E-state index contributed by atoms with van der Waals surface area (Å²) in [7, 11) is 0. The van der Waals surface area contributed by atoms with Crippen molar-refractivity contribution >= 4 is 12.1 Å². The number of esters is 1. The molecular formula is C25H31NO4. The Balaban J connectivity index is 1.65. The zero-order valence-corrected chi connectivity index (χ0v) is 17.7. The first kappa shape index (κ1) is 21.9. The van der Waals surface area contributed by atoms with Gasteiger partial charge in [-0.15, -0.1) is 0 Å². The molecule has 0 aliphatic carbocycles. The van der Waals surface area contributed by atoms with Gasteiger partial charge in [0.1, 0.15) is 12.7 Å². The summed E-state index contributed by atoms with van der Waals surface area (Å²) < 4.78 is 11.5. The molecule has 1 aliphatic heterocycles. The Morgan fingerprint density at radius 3 is 2.43 bits per heavy atom. The van der Waals surface area contributed by atoms with Gasteiger partial charge in [0, 0.05) is 6.54 Å². The predicted octanol–water partition coefficient (Wildman–Crippen LogP) is 5.59. The number of unbranched alkanes of at least 4 members (excludes halogenated alkanes) is 2. The molecule has 1 amide bonds. The lowest BCUT2D eigenvalue weighted by Crippen LogP contribution is -2.44. The first-order chi connectivity index (χ1) is 14.7. The Labute approximate surface area is 179 Å². The van der Waals surface area contributed by atoms with Gasteiger partial charge in [-0.25, -0.2) is 9.59 Å². The Hall–Kier alpha value is -2.82. The van der Waals surface area contributed by atoms with Crippen LogP contribution >= 0.6 is 0 Å². The highest BCUT2D eigenvalue weighted by molar-refractivity contribution is 5.89. The minimum atomic E-state index is -0.336. The van der Waals surface area contributed by atoms with Crippen molar-refractivity contribution in [2.24, 2.45) is 0 Å². The molecule has 5 heteroatoms. The number of amides is 1. The normalized spacial score (nSPS) is 16.8. The molecule has 5 nitrogen and oxygen atoms in total. The molecule has 0 bridgehead atoms. The molecule has 0 radical (unpaired) electrons. The van der Waals surface area contributed by atoms with E-state index in [4.69, 9.17) is 9.47 Å². The summed E-state index contributed by atoms with van der Waals surface area (Å²) in [5.74, 6) is -0.332. The van der Waals surface area contributed by atoms with E-state index < -0.39 is 0 Å². The van der Waals surface area contributed by atoms with Gasteiger partial charge in [-0.05, 0) is 43.4 Å². The highest BCUT2D eigenvalue weighted by Crippen LogP contribution is 2.27. The predicted molar refractivity (Wildman–Crippen MR) is 116 cm³/mol. The largest absolute Gasteiger partial charge is 0.457 e. The lowest BCUT2D eigenvalue weighted by atomic mass is 10.0. The van der Waals surface area contributed by atoms with E-state index >= 15 is 0 Å². The number of ether oxygens (including phenoxy) is 2. The smallest absolute Gasteiger partial charge is 0.410 e. The van der Waals surface area contributed by atoms with E-state index in [0.29, 0.717) is 12.1 Å². The third kappa shape index (κ3) is 6.09. The van der Waals surface area contributed by atoms with Crippen LogP contribution in [0.25, 0.3) is 0 Å². The topological polar surface area (TPSA) is 55.8 Å². The molecule has 1 aliphatic rings. The van der Waals surface area contributed by atoms with Crippen LogP contribution in [0, 0.1) is 0 Å². The van der Waals surface area contributed by atoms with E-state index in [-0.39, 0.29) is 30.8 Å². The van der Waals surface area contributed by atoms with Crippen molar-refractivity contribution in [2.75, 3.05) is 6.54 Å². The van der Waals surface area contributed by atoms with Crippen LogP contribution in [0.2, 0.25) is 0 Å². The first-order valence-corrected chi connectivity index (χ1v) is 10.9. The van der Waals surface area contributed by atoms with Crippen molar-refractivity contribution in [1.82, 2.24) is 4.90 Å². The zero-order valence-electron chi connectivity index (χ0n) is 17.7. The lowest BCUT2D eigenvalue weighted by molar-refractivity contribution is 0.000259. The maximum Gasteiger partial charge on any atom is 0.410 e. The molecule has 2 aromatic rings. The summed E-state index contributed by atoms with van der Waals surface area (Å²) in [6, 6.07) is 18.5. The highest BCUT2D eigenvalue weighted by Gasteiger charge is 2.37. The molecule has 0 unspecified atom stereocenters. The molecule has 1 heterocycles. The molecule has 2 atom stereocenters. The summed E-state index contributed by atoms with van der Waals surface area (Å²) in [4.78, 5) is 27.2. The monoisotopic (exact) mass is 409 g/mol. The fraction of sp³-hybridized carbons (Fsp3) is 0.440. The molecule has 0 saturated carbocycles. The van der Waals surface area contributed by atoms with Crippen molar-refractivity contribution < 1.29 is 19.1 Å². The van der Waals surface area contributed by atoms with Gasteiger partial charge in [0.15, 0.2) is 0 Å². The molecule has 160 valence electrons. The average molecular weight is 410 g/mol. The van der Waals surface area contributed by atoms with Gasteiger partial charge in [0.25, 0.3) is 0 Å². The summed E-state index contributed by atoms with van der Waals surface area (Å²) in [5.41, 5.74) is 1.49. The molecule has 1 saturated heterocycles. The summed E-state index contributed by atoms with van der Waals surface area (Å²) in [5, 5.41) is 0. The van der Waals surface area contributed by atoms with Crippen molar-refractivity contribution in [3.63, 3.8) is 0 Å². The van der Waals surface area contributed by atoms with Crippen LogP contribution in [0.3, 0.4) is 0 Å². The van der Waals surface area contributed by atoms with Crippen molar-refractivity contribution in [1.29, 1.82) is 0 Å².